The van der Waals surface area contributed by atoms with Crippen LogP contribution in [0.1, 0.15) is 37.8 Å². The molecular formula is C25H16F6I2O4S2. The fraction of sp³-hybridized carbons (Fsp3) is 0.280. The van der Waals surface area contributed by atoms with Crippen LogP contribution in [-0.2, 0) is 19.7 Å². The lowest BCUT2D eigenvalue weighted by molar-refractivity contribution is -0.263. The van der Waals surface area contributed by atoms with Crippen LogP contribution in [0.25, 0.3) is 11.1 Å². The van der Waals surface area contributed by atoms with Crippen LogP contribution in [0, 0.1) is 7.14 Å². The summed E-state index contributed by atoms with van der Waals surface area (Å²) in [5.74, 6) is -17.1. The molecule has 4 nitrogen and oxygen atoms in total. The van der Waals surface area contributed by atoms with Gasteiger partial charge in [0.2, 0.25) is 19.7 Å². The molecule has 1 aliphatic carbocycles. The van der Waals surface area contributed by atoms with Crippen molar-refractivity contribution in [2.24, 2.45) is 0 Å². The zero-order valence-corrected chi connectivity index (χ0v) is 25.8. The van der Waals surface area contributed by atoms with Gasteiger partial charge in [0.15, 0.2) is 0 Å². The molecule has 0 fully saturated rings. The van der Waals surface area contributed by atoms with Crippen LogP contribution in [0.15, 0.2) is 67.1 Å². The maximum absolute atomic E-state index is 15.7. The van der Waals surface area contributed by atoms with Crippen molar-refractivity contribution in [3.63, 3.8) is 0 Å². The van der Waals surface area contributed by atoms with Crippen molar-refractivity contribution in [3.8, 4) is 0 Å². The van der Waals surface area contributed by atoms with E-state index in [1.54, 1.807) is 45.2 Å². The van der Waals surface area contributed by atoms with Crippen LogP contribution in [0.2, 0.25) is 0 Å². The van der Waals surface area contributed by atoms with E-state index in [2.05, 4.69) is 0 Å². The highest BCUT2D eigenvalue weighted by molar-refractivity contribution is 14.1. The van der Waals surface area contributed by atoms with Gasteiger partial charge in [0, 0.05) is 40.6 Å². The monoisotopic (exact) mass is 812 g/mol. The first-order valence-corrected chi connectivity index (χ1v) is 16.5. The Kier molecular flexibility index (Phi) is 6.57. The van der Waals surface area contributed by atoms with Crippen molar-refractivity contribution in [1.82, 2.24) is 0 Å². The van der Waals surface area contributed by atoms with Crippen molar-refractivity contribution in [2.75, 3.05) is 0 Å². The molecule has 0 N–H and O–H groups in total. The van der Waals surface area contributed by atoms with Gasteiger partial charge in [0.05, 0.1) is 19.6 Å². The van der Waals surface area contributed by atoms with E-state index in [0.29, 0.717) is 7.14 Å². The third kappa shape index (κ3) is 3.58. The van der Waals surface area contributed by atoms with Crippen molar-refractivity contribution in [3.05, 3.63) is 75.6 Å². The Morgan fingerprint density at radius 3 is 1.28 bits per heavy atom. The standard InChI is InChI=1S/C25H16F6I2O4S2/c1-3-15-19(13-7-5-11(32)9-17(13)38(15,34)35)21-22(24(28,29)25(30,31)23(21,26)27)20-14-8-6-12(33)10-18(14)39(36,37)16(20)4-2/h5-10H,3-4H2,1-2H3. The van der Waals surface area contributed by atoms with Gasteiger partial charge in [-0.25, -0.2) is 16.8 Å². The van der Waals surface area contributed by atoms with Gasteiger partial charge >= 0.3 is 17.8 Å². The number of alkyl halides is 6. The number of allylic oxidation sites excluding steroid dienone is 6. The minimum absolute atomic E-state index is 0.385. The number of benzene rings is 2. The van der Waals surface area contributed by atoms with Gasteiger partial charge < -0.3 is 0 Å². The highest BCUT2D eigenvalue weighted by atomic mass is 127. The van der Waals surface area contributed by atoms with E-state index in [1.165, 1.54) is 26.0 Å². The molecule has 14 heteroatoms. The summed E-state index contributed by atoms with van der Waals surface area (Å²) in [6.07, 6.45) is -0.917. The van der Waals surface area contributed by atoms with Crippen LogP contribution in [-0.4, -0.2) is 34.6 Å². The van der Waals surface area contributed by atoms with E-state index in [4.69, 9.17) is 0 Å². The summed E-state index contributed by atoms with van der Waals surface area (Å²) < 4.78 is 147. The van der Waals surface area contributed by atoms with E-state index < -0.39 is 103 Å². The van der Waals surface area contributed by atoms with E-state index in [-0.39, 0.29) is 0 Å². The van der Waals surface area contributed by atoms with Gasteiger partial charge in [0.25, 0.3) is 0 Å². The molecule has 0 unspecified atom stereocenters. The first kappa shape index (κ1) is 29.1. The second-order valence-electron chi connectivity index (χ2n) is 9.06. The molecular weight excluding hydrogens is 796 g/mol. The first-order valence-electron chi connectivity index (χ1n) is 11.3. The van der Waals surface area contributed by atoms with Crippen molar-refractivity contribution in [1.29, 1.82) is 0 Å². The van der Waals surface area contributed by atoms with E-state index in [1.807, 2.05) is 0 Å². The number of hydrogen-bond acceptors (Lipinski definition) is 4. The van der Waals surface area contributed by atoms with Crippen LogP contribution in [0.3, 0.4) is 0 Å². The molecule has 0 saturated carbocycles. The molecule has 2 aromatic rings. The fourth-order valence-corrected chi connectivity index (χ4v) is 10.5. The summed E-state index contributed by atoms with van der Waals surface area (Å²) in [6, 6.07) is 7.19. The molecule has 0 radical (unpaired) electrons. The summed E-state index contributed by atoms with van der Waals surface area (Å²) in [7, 11) is -9.01. The average molecular weight is 812 g/mol. The second kappa shape index (κ2) is 8.80. The summed E-state index contributed by atoms with van der Waals surface area (Å²) in [4.78, 5) is -2.38. The van der Waals surface area contributed by atoms with Gasteiger partial charge in [-0.3, -0.25) is 0 Å². The maximum Gasteiger partial charge on any atom is 0.380 e. The molecule has 0 saturated heterocycles. The van der Waals surface area contributed by atoms with E-state index in [0.717, 1.165) is 24.3 Å². The smallest absolute Gasteiger partial charge is 0.219 e. The number of sulfone groups is 2. The molecule has 2 heterocycles. The lowest BCUT2D eigenvalue weighted by Gasteiger charge is -2.26. The predicted octanol–water partition coefficient (Wildman–Crippen LogP) is 7.63. The summed E-state index contributed by atoms with van der Waals surface area (Å²) in [5.41, 5.74) is -6.48. The summed E-state index contributed by atoms with van der Waals surface area (Å²) in [5, 5.41) is 0. The molecule has 0 aromatic heterocycles. The second-order valence-corrected chi connectivity index (χ2v) is 15.4. The summed E-state index contributed by atoms with van der Waals surface area (Å²) >= 11 is 3.55. The molecule has 0 spiro atoms. The van der Waals surface area contributed by atoms with Gasteiger partial charge in [-0.2, -0.15) is 26.3 Å². The van der Waals surface area contributed by atoms with Crippen LogP contribution >= 0.6 is 45.2 Å². The summed E-state index contributed by atoms with van der Waals surface area (Å²) in [6.45, 7) is 2.56. The van der Waals surface area contributed by atoms with Gasteiger partial charge in [-0.05, 0) is 82.3 Å². The molecule has 0 atom stereocenters. The Balaban J connectivity index is 2.04. The molecule has 39 heavy (non-hydrogen) atoms. The largest absolute Gasteiger partial charge is 0.380 e. The van der Waals surface area contributed by atoms with Crippen molar-refractivity contribution < 1.29 is 43.2 Å². The predicted molar refractivity (Wildman–Crippen MR) is 149 cm³/mol. The Hall–Kier alpha value is -1.40. The zero-order chi connectivity index (χ0) is 29.1. The van der Waals surface area contributed by atoms with Gasteiger partial charge in [-0.1, -0.05) is 26.0 Å². The first-order chi connectivity index (χ1) is 17.9. The Morgan fingerprint density at radius 1 is 0.641 bits per heavy atom. The highest BCUT2D eigenvalue weighted by Crippen LogP contribution is 2.67. The Labute approximate surface area is 247 Å². The van der Waals surface area contributed by atoms with Gasteiger partial charge in [-0.15, -0.1) is 0 Å². The van der Waals surface area contributed by atoms with Crippen LogP contribution in [0.5, 0.6) is 0 Å². The molecule has 0 amide bonds. The van der Waals surface area contributed by atoms with E-state index in [9.17, 15) is 16.8 Å². The SMILES string of the molecule is CCC1=C(C2=C(C3=C(CC)S(=O)(=O)c4cc(I)ccc43)C(F)(F)C(F)(F)C2(F)F)c2ccc(I)cc2S1(=O)=O. The van der Waals surface area contributed by atoms with Crippen molar-refractivity contribution >= 4 is 76.0 Å². The number of hydrogen-bond donors (Lipinski definition) is 0. The molecule has 2 aliphatic heterocycles. The molecule has 0 bridgehead atoms. The Bertz CT molecular complexity index is 1680. The number of fused-ring (bicyclic) bond motifs is 2. The topological polar surface area (TPSA) is 68.3 Å². The maximum atomic E-state index is 15.7. The third-order valence-electron chi connectivity index (χ3n) is 7.02. The van der Waals surface area contributed by atoms with E-state index >= 15 is 26.3 Å². The quantitative estimate of drug-likeness (QED) is 0.236. The van der Waals surface area contributed by atoms with Crippen LogP contribution < -0.4 is 0 Å². The lowest BCUT2D eigenvalue weighted by Crippen LogP contribution is -2.49. The molecule has 5 rings (SSSR count). The minimum Gasteiger partial charge on any atom is -0.219 e. The lowest BCUT2D eigenvalue weighted by atomic mass is 9.87. The highest BCUT2D eigenvalue weighted by Gasteiger charge is 2.81. The number of rotatable bonds is 4. The molecule has 2 aromatic carbocycles. The zero-order valence-electron chi connectivity index (χ0n) is 19.9. The Morgan fingerprint density at radius 2 is 0.974 bits per heavy atom. The minimum atomic E-state index is -5.99. The third-order valence-corrected chi connectivity index (χ3v) is 12.5. The number of halogens is 8. The van der Waals surface area contributed by atoms with Gasteiger partial charge in [0.1, 0.15) is 0 Å². The average Bonchev–Trinajstić information content (AvgIpc) is 3.22. The fourth-order valence-electron chi connectivity index (χ4n) is 5.36. The molecule has 3 aliphatic rings. The van der Waals surface area contributed by atoms with Crippen molar-refractivity contribution in [2.45, 2.75) is 54.2 Å². The van der Waals surface area contributed by atoms with Crippen LogP contribution in [0.4, 0.5) is 26.3 Å². The molecule has 208 valence electrons. The normalized spacial score (nSPS) is 23.4.